The zero-order valence-electron chi connectivity index (χ0n) is 11.9. The molecule has 0 bridgehead atoms. The summed E-state index contributed by atoms with van der Waals surface area (Å²) >= 11 is 12.3. The van der Waals surface area contributed by atoms with Crippen molar-refractivity contribution in [2.75, 3.05) is 0 Å². The molecule has 4 aromatic rings. The van der Waals surface area contributed by atoms with E-state index in [1.165, 1.54) is 6.33 Å². The fraction of sp³-hybridized carbons (Fsp3) is 0. The highest BCUT2D eigenvalue weighted by Crippen LogP contribution is 2.33. The first kappa shape index (κ1) is 14.2. The number of nitrogens with zero attached hydrogens (tertiary/aromatic N) is 3. The Morgan fingerprint density at radius 3 is 2.30 bits per heavy atom. The zero-order valence-corrected chi connectivity index (χ0v) is 13.5. The maximum atomic E-state index is 6.26. The maximum Gasteiger partial charge on any atom is 0.149 e. The fourth-order valence-corrected chi connectivity index (χ4v) is 2.96. The van der Waals surface area contributed by atoms with Crippen molar-refractivity contribution in [3.8, 4) is 16.9 Å². The molecule has 0 saturated heterocycles. The van der Waals surface area contributed by atoms with E-state index in [0.29, 0.717) is 10.2 Å². The summed E-state index contributed by atoms with van der Waals surface area (Å²) in [7, 11) is 0. The lowest BCUT2D eigenvalue weighted by molar-refractivity contribution is 1.08. The van der Waals surface area contributed by atoms with Crippen LogP contribution in [-0.4, -0.2) is 14.5 Å². The lowest BCUT2D eigenvalue weighted by Gasteiger charge is -2.10. The lowest BCUT2D eigenvalue weighted by Crippen LogP contribution is -1.98. The molecule has 0 unspecified atom stereocenters. The molecule has 3 nitrogen and oxygen atoms in total. The molecule has 0 radical (unpaired) electrons. The largest absolute Gasteiger partial charge is 0.294 e. The Morgan fingerprint density at radius 1 is 0.826 bits per heavy atom. The van der Waals surface area contributed by atoms with E-state index < -0.39 is 0 Å². The molecule has 5 heteroatoms. The third kappa shape index (κ3) is 2.48. The van der Waals surface area contributed by atoms with E-state index in [0.717, 1.165) is 28.0 Å². The second kappa shape index (κ2) is 5.69. The molecule has 2 aromatic heterocycles. The Hall–Kier alpha value is -2.36. The molecule has 0 aliphatic carbocycles. The van der Waals surface area contributed by atoms with Crippen molar-refractivity contribution in [2.24, 2.45) is 0 Å². The highest BCUT2D eigenvalue weighted by Gasteiger charge is 2.15. The third-order valence-electron chi connectivity index (χ3n) is 3.70. The van der Waals surface area contributed by atoms with Crippen LogP contribution in [0.25, 0.3) is 28.0 Å². The zero-order chi connectivity index (χ0) is 15.8. The van der Waals surface area contributed by atoms with E-state index in [4.69, 9.17) is 23.2 Å². The molecular weight excluding hydrogens is 329 g/mol. The van der Waals surface area contributed by atoms with Gasteiger partial charge in [-0.3, -0.25) is 4.57 Å². The van der Waals surface area contributed by atoms with Crippen LogP contribution in [0.5, 0.6) is 0 Å². The number of halogens is 2. The molecule has 2 heterocycles. The van der Waals surface area contributed by atoms with Crippen LogP contribution < -0.4 is 0 Å². The molecular formula is C18H11Cl2N3. The number of aromatic nitrogens is 3. The van der Waals surface area contributed by atoms with E-state index in [9.17, 15) is 0 Å². The summed E-state index contributed by atoms with van der Waals surface area (Å²) in [6.45, 7) is 0. The standard InChI is InChI=1S/C18H11Cl2N3/c19-13-8-6-12(7-9-13)16-10-15-17(20)21-11-22-18(15)23(16)14-4-2-1-3-5-14/h1-11H. The van der Waals surface area contributed by atoms with Gasteiger partial charge in [-0.2, -0.15) is 0 Å². The number of para-hydroxylation sites is 1. The number of hydrogen-bond donors (Lipinski definition) is 0. The summed E-state index contributed by atoms with van der Waals surface area (Å²) in [6.07, 6.45) is 1.48. The molecule has 0 spiro atoms. The predicted octanol–water partition coefficient (Wildman–Crippen LogP) is 5.39. The molecule has 0 amide bonds. The SMILES string of the molecule is Clc1ccc(-c2cc3c(Cl)ncnc3n2-c2ccccc2)cc1. The molecule has 23 heavy (non-hydrogen) atoms. The Kier molecular flexibility index (Phi) is 3.52. The summed E-state index contributed by atoms with van der Waals surface area (Å²) in [6, 6.07) is 19.8. The van der Waals surface area contributed by atoms with Gasteiger partial charge in [0.15, 0.2) is 0 Å². The third-order valence-corrected chi connectivity index (χ3v) is 4.26. The average molecular weight is 340 g/mol. The minimum atomic E-state index is 0.444. The van der Waals surface area contributed by atoms with Crippen LogP contribution in [0.1, 0.15) is 0 Å². The van der Waals surface area contributed by atoms with Crippen LogP contribution in [0.15, 0.2) is 67.0 Å². The van der Waals surface area contributed by atoms with Gasteiger partial charge in [0, 0.05) is 10.7 Å². The second-order valence-electron chi connectivity index (χ2n) is 5.11. The number of benzene rings is 2. The predicted molar refractivity (Wildman–Crippen MR) is 94.3 cm³/mol. The Morgan fingerprint density at radius 2 is 1.57 bits per heavy atom. The van der Waals surface area contributed by atoms with E-state index in [1.807, 2.05) is 60.7 Å². The van der Waals surface area contributed by atoms with Crippen molar-refractivity contribution in [3.05, 3.63) is 77.2 Å². The van der Waals surface area contributed by atoms with Crippen LogP contribution in [0.3, 0.4) is 0 Å². The summed E-state index contributed by atoms with van der Waals surface area (Å²) < 4.78 is 2.08. The molecule has 0 aliphatic rings. The Balaban J connectivity index is 2.07. The fourth-order valence-electron chi connectivity index (χ4n) is 2.65. The van der Waals surface area contributed by atoms with Gasteiger partial charge in [0.25, 0.3) is 0 Å². The van der Waals surface area contributed by atoms with Crippen LogP contribution in [-0.2, 0) is 0 Å². The maximum absolute atomic E-state index is 6.26. The number of rotatable bonds is 2. The van der Waals surface area contributed by atoms with Crippen LogP contribution in [0, 0.1) is 0 Å². The average Bonchev–Trinajstić information content (AvgIpc) is 2.97. The quantitative estimate of drug-likeness (QED) is 0.458. The van der Waals surface area contributed by atoms with Gasteiger partial charge in [0.05, 0.1) is 11.1 Å². The van der Waals surface area contributed by atoms with Crippen molar-refractivity contribution in [1.82, 2.24) is 14.5 Å². The summed E-state index contributed by atoms with van der Waals surface area (Å²) in [4.78, 5) is 8.51. The van der Waals surface area contributed by atoms with E-state index in [2.05, 4.69) is 14.5 Å². The van der Waals surface area contributed by atoms with Crippen LogP contribution in [0.2, 0.25) is 10.2 Å². The lowest BCUT2D eigenvalue weighted by atomic mass is 10.1. The van der Waals surface area contributed by atoms with Gasteiger partial charge in [-0.15, -0.1) is 0 Å². The van der Waals surface area contributed by atoms with Gasteiger partial charge in [0.2, 0.25) is 0 Å². The van der Waals surface area contributed by atoms with E-state index in [1.54, 1.807) is 0 Å². The van der Waals surface area contributed by atoms with Crippen molar-refractivity contribution < 1.29 is 0 Å². The number of fused-ring (bicyclic) bond motifs is 1. The van der Waals surface area contributed by atoms with Gasteiger partial charge in [-0.1, -0.05) is 53.5 Å². The summed E-state index contributed by atoms with van der Waals surface area (Å²) in [5.74, 6) is 0. The minimum Gasteiger partial charge on any atom is -0.294 e. The van der Waals surface area contributed by atoms with Gasteiger partial charge >= 0.3 is 0 Å². The normalized spacial score (nSPS) is 11.0. The smallest absolute Gasteiger partial charge is 0.149 e. The first-order chi connectivity index (χ1) is 11.2. The van der Waals surface area contributed by atoms with Gasteiger partial charge in [-0.25, -0.2) is 9.97 Å². The Labute approximate surface area is 143 Å². The van der Waals surface area contributed by atoms with Gasteiger partial charge < -0.3 is 0 Å². The van der Waals surface area contributed by atoms with Crippen molar-refractivity contribution in [3.63, 3.8) is 0 Å². The topological polar surface area (TPSA) is 30.7 Å². The molecule has 112 valence electrons. The van der Waals surface area contributed by atoms with Gasteiger partial charge in [-0.05, 0) is 35.9 Å². The first-order valence-electron chi connectivity index (χ1n) is 7.07. The highest BCUT2D eigenvalue weighted by atomic mass is 35.5. The second-order valence-corrected chi connectivity index (χ2v) is 5.90. The van der Waals surface area contributed by atoms with Crippen molar-refractivity contribution >= 4 is 34.2 Å². The molecule has 0 N–H and O–H groups in total. The Bertz CT molecular complexity index is 977. The molecule has 2 aromatic carbocycles. The van der Waals surface area contributed by atoms with Gasteiger partial charge in [0.1, 0.15) is 17.1 Å². The van der Waals surface area contributed by atoms with Crippen molar-refractivity contribution in [1.29, 1.82) is 0 Å². The summed E-state index contributed by atoms with van der Waals surface area (Å²) in [5, 5.41) is 1.97. The van der Waals surface area contributed by atoms with E-state index >= 15 is 0 Å². The minimum absolute atomic E-state index is 0.444. The molecule has 0 fully saturated rings. The number of hydrogen-bond acceptors (Lipinski definition) is 2. The molecule has 0 saturated carbocycles. The molecule has 0 aliphatic heterocycles. The summed E-state index contributed by atoms with van der Waals surface area (Å²) in [5.41, 5.74) is 3.82. The van der Waals surface area contributed by atoms with Crippen LogP contribution in [0.4, 0.5) is 0 Å². The first-order valence-corrected chi connectivity index (χ1v) is 7.83. The van der Waals surface area contributed by atoms with E-state index in [-0.39, 0.29) is 0 Å². The highest BCUT2D eigenvalue weighted by molar-refractivity contribution is 6.34. The molecule has 4 rings (SSSR count). The molecule has 0 atom stereocenters. The van der Waals surface area contributed by atoms with Crippen LogP contribution >= 0.6 is 23.2 Å². The van der Waals surface area contributed by atoms with Crippen molar-refractivity contribution in [2.45, 2.75) is 0 Å². The monoisotopic (exact) mass is 339 g/mol.